The Kier molecular flexibility index (Phi) is 12.9. The van der Waals surface area contributed by atoms with Crippen LogP contribution in [0.2, 0.25) is 5.02 Å². The molecule has 0 aromatic heterocycles. The standard InChI is InChI=1S/C25H29BClN3O5.W/c1-34-23-14-13-20(27)16-22(23)24(32)28-15-5-6-18-9-11-19(12-10-18)26(35-17-31)30-25(33)29-21-7-3-2-4-8-21;/h9-11,13-14,16,21H,2-8,15H2,1H3,(H,28,32)(H2,29,30,33);/q-2;+2. The van der Waals surface area contributed by atoms with Crippen LogP contribution in [0.25, 0.3) is 0 Å². The molecule has 0 spiro atoms. The van der Waals surface area contributed by atoms with Crippen LogP contribution in [0.5, 0.6) is 5.75 Å². The fourth-order valence-electron chi connectivity index (χ4n) is 4.05. The van der Waals surface area contributed by atoms with Gasteiger partial charge in [-0.25, -0.2) is 0 Å². The number of methoxy groups -OCH3 is 1. The van der Waals surface area contributed by atoms with Crippen molar-refractivity contribution in [2.75, 3.05) is 13.7 Å². The number of amides is 3. The molecule has 8 nitrogen and oxygen atoms in total. The molecular weight excluding hydrogens is 652 g/mol. The molecule has 3 amide bonds. The molecule has 190 valence electrons. The zero-order chi connectivity index (χ0) is 25.0. The van der Waals surface area contributed by atoms with E-state index in [4.69, 9.17) is 21.0 Å². The number of halogens is 1. The summed E-state index contributed by atoms with van der Waals surface area (Å²) in [4.78, 5) is 35.6. The third kappa shape index (κ3) is 9.18. The SMILES string of the molecule is COc1ccc(Cl)cc1C(=O)NCCCc1c[c-]c(B(NC(=O)NC2CCCCC2)O[C-]=O)cc1.[W+2]. The molecule has 0 unspecified atom stereocenters. The molecule has 0 aliphatic heterocycles. The Morgan fingerprint density at radius 3 is 2.64 bits per heavy atom. The topological polar surface area (TPSA) is 106 Å². The van der Waals surface area contributed by atoms with E-state index in [-0.39, 0.29) is 39.0 Å². The Labute approximate surface area is 231 Å². The van der Waals surface area contributed by atoms with E-state index in [0.29, 0.717) is 41.2 Å². The molecule has 1 aliphatic rings. The van der Waals surface area contributed by atoms with Crippen LogP contribution in [-0.2, 0) is 36.9 Å². The molecule has 2 aromatic rings. The number of carbonyl (C=O) groups is 2. The summed E-state index contributed by atoms with van der Waals surface area (Å²) in [5.41, 5.74) is 1.89. The van der Waals surface area contributed by atoms with Crippen molar-refractivity contribution in [3.8, 4) is 5.75 Å². The zero-order valence-corrected chi connectivity index (χ0v) is 23.8. The van der Waals surface area contributed by atoms with Crippen LogP contribution in [-0.4, -0.2) is 45.2 Å². The van der Waals surface area contributed by atoms with Crippen molar-refractivity contribution >= 4 is 42.5 Å². The molecule has 3 rings (SSSR count). The molecule has 0 bridgehead atoms. The number of aryl methyl sites for hydroxylation is 1. The fourth-order valence-corrected chi connectivity index (χ4v) is 4.22. The summed E-state index contributed by atoms with van der Waals surface area (Å²) in [7, 11) is 0.527. The Morgan fingerprint density at radius 2 is 1.97 bits per heavy atom. The number of hydrogen-bond donors (Lipinski definition) is 3. The number of carbonyl (C=O) groups excluding carboxylic acids is 3. The van der Waals surface area contributed by atoms with Crippen LogP contribution in [0.15, 0.2) is 36.4 Å². The van der Waals surface area contributed by atoms with Crippen LogP contribution in [0.4, 0.5) is 4.79 Å². The number of rotatable bonds is 11. The van der Waals surface area contributed by atoms with E-state index >= 15 is 0 Å². The number of ether oxygens (including phenoxy) is 1. The second-order valence-corrected chi connectivity index (χ2v) is 8.83. The van der Waals surface area contributed by atoms with Crippen LogP contribution in [0.1, 0.15) is 54.4 Å². The number of hydrogen-bond acceptors (Lipinski definition) is 5. The summed E-state index contributed by atoms with van der Waals surface area (Å²) in [6.45, 7) is 1.86. The van der Waals surface area contributed by atoms with Gasteiger partial charge in [-0.3, -0.25) is 9.59 Å². The Balaban J connectivity index is 0.00000456. The Bertz CT molecular complexity index is 1010. The van der Waals surface area contributed by atoms with Crippen molar-refractivity contribution in [1.29, 1.82) is 0 Å². The van der Waals surface area contributed by atoms with Crippen LogP contribution >= 0.6 is 11.6 Å². The molecule has 1 saturated carbocycles. The van der Waals surface area contributed by atoms with Crippen LogP contribution < -0.4 is 26.1 Å². The summed E-state index contributed by atoms with van der Waals surface area (Å²) in [5.74, 6) is 0.205. The van der Waals surface area contributed by atoms with Crippen molar-refractivity contribution < 1.29 is 44.8 Å². The maximum atomic E-state index is 12.4. The van der Waals surface area contributed by atoms with Gasteiger partial charge in [0.05, 0.1) is 12.7 Å². The van der Waals surface area contributed by atoms with Gasteiger partial charge in [0.2, 0.25) is 0 Å². The Hall–Kier alpha value is -2.51. The molecule has 0 atom stereocenters. The third-order valence-corrected chi connectivity index (χ3v) is 6.12. The predicted octanol–water partition coefficient (Wildman–Crippen LogP) is 2.92. The van der Waals surface area contributed by atoms with E-state index < -0.39 is 7.05 Å². The number of benzene rings is 2. The van der Waals surface area contributed by atoms with Gasteiger partial charge in [-0.05, 0) is 37.5 Å². The van der Waals surface area contributed by atoms with Crippen LogP contribution in [0, 0.1) is 6.07 Å². The maximum Gasteiger partial charge on any atom is 2.00 e. The molecule has 0 heterocycles. The first-order valence-corrected chi connectivity index (χ1v) is 12.1. The quantitative estimate of drug-likeness (QED) is 0.192. The van der Waals surface area contributed by atoms with E-state index in [1.165, 1.54) is 20.0 Å². The molecule has 1 aliphatic carbocycles. The maximum absolute atomic E-state index is 12.4. The van der Waals surface area contributed by atoms with E-state index in [1.54, 1.807) is 30.3 Å². The van der Waals surface area contributed by atoms with E-state index in [2.05, 4.69) is 21.9 Å². The van der Waals surface area contributed by atoms with Gasteiger partial charge in [0, 0.05) is 17.6 Å². The Morgan fingerprint density at radius 1 is 1.19 bits per heavy atom. The number of urea groups is 1. The predicted molar refractivity (Wildman–Crippen MR) is 135 cm³/mol. The van der Waals surface area contributed by atoms with Crippen molar-refractivity contribution in [3.05, 3.63) is 58.6 Å². The van der Waals surface area contributed by atoms with Gasteiger partial charge >= 0.3 is 34.1 Å². The minimum absolute atomic E-state index is 0. The smallest absolute Gasteiger partial charge is 0.707 e. The van der Waals surface area contributed by atoms with Crippen molar-refractivity contribution in [2.24, 2.45) is 0 Å². The van der Waals surface area contributed by atoms with Gasteiger partial charge in [0.1, 0.15) is 5.75 Å². The minimum Gasteiger partial charge on any atom is -0.707 e. The first-order valence-electron chi connectivity index (χ1n) is 11.7. The van der Waals surface area contributed by atoms with Gasteiger partial charge in [-0.1, -0.05) is 43.8 Å². The molecule has 36 heavy (non-hydrogen) atoms. The summed E-state index contributed by atoms with van der Waals surface area (Å²) in [6.07, 6.45) is 6.69. The van der Waals surface area contributed by atoms with E-state index in [9.17, 15) is 14.4 Å². The molecular formula is C25H29BClN3O5W. The van der Waals surface area contributed by atoms with Crippen molar-refractivity contribution in [2.45, 2.75) is 51.0 Å². The summed E-state index contributed by atoms with van der Waals surface area (Å²) < 4.78 is 10.2. The van der Waals surface area contributed by atoms with E-state index in [0.717, 1.165) is 31.2 Å². The second-order valence-electron chi connectivity index (χ2n) is 8.39. The molecule has 2 aromatic carbocycles. The normalized spacial score (nSPS) is 13.1. The van der Waals surface area contributed by atoms with Crippen molar-refractivity contribution in [3.63, 3.8) is 0 Å². The summed E-state index contributed by atoms with van der Waals surface area (Å²) in [5, 5.41) is 8.92. The summed E-state index contributed by atoms with van der Waals surface area (Å²) in [6, 6.07) is 13.1. The van der Waals surface area contributed by atoms with Gasteiger partial charge in [0.15, 0.2) is 0 Å². The van der Waals surface area contributed by atoms with Crippen molar-refractivity contribution in [1.82, 2.24) is 15.9 Å². The zero-order valence-electron chi connectivity index (χ0n) is 20.1. The van der Waals surface area contributed by atoms with Gasteiger partial charge in [0.25, 0.3) is 5.91 Å². The summed E-state index contributed by atoms with van der Waals surface area (Å²) >= 11 is 5.99. The molecule has 0 saturated heterocycles. The molecule has 3 N–H and O–H groups in total. The minimum atomic E-state index is -0.975. The van der Waals surface area contributed by atoms with Gasteiger partial charge < -0.3 is 30.0 Å². The average Bonchev–Trinajstić information content (AvgIpc) is 2.87. The molecule has 11 heteroatoms. The largest absolute Gasteiger partial charge is 2.00 e. The second kappa shape index (κ2) is 15.6. The molecule has 0 radical (unpaired) electrons. The average molecular weight is 682 g/mol. The first kappa shape index (κ1) is 29.7. The molecule has 1 fully saturated rings. The van der Waals surface area contributed by atoms with Gasteiger partial charge in [-0.15, -0.1) is 5.46 Å². The number of nitrogens with one attached hydrogen (secondary N) is 3. The van der Waals surface area contributed by atoms with E-state index in [1.807, 2.05) is 6.07 Å². The van der Waals surface area contributed by atoms with Gasteiger partial charge in [-0.2, -0.15) is 29.8 Å². The van der Waals surface area contributed by atoms with Crippen LogP contribution in [0.3, 0.4) is 0 Å². The monoisotopic (exact) mass is 681 g/mol. The third-order valence-electron chi connectivity index (χ3n) is 5.89. The fraction of sp³-hybridized carbons (Fsp3) is 0.400. The first-order chi connectivity index (χ1) is 17.0.